The lowest BCUT2D eigenvalue weighted by Crippen LogP contribution is -2.57. The molecule has 1 unspecified atom stereocenters. The average molecular weight is 405 g/mol. The molecular weight excluding hydrogens is 388 g/mol. The number of ether oxygens (including phenoxy) is 1. The summed E-state index contributed by atoms with van der Waals surface area (Å²) in [5.41, 5.74) is 0.252. The second-order valence-electron chi connectivity index (χ2n) is 6.35. The number of carbonyl (C=O) groups excluding carboxylic acids is 1. The minimum Gasteiger partial charge on any atom is -0.434 e. The molecule has 0 amide bonds. The van der Waals surface area contributed by atoms with E-state index in [9.17, 15) is 31.1 Å². The molecule has 2 N–H and O–H groups in total. The summed E-state index contributed by atoms with van der Waals surface area (Å²) >= 11 is 0. The molecule has 3 nitrogen and oxygen atoms in total. The Kier molecular flexibility index (Phi) is 5.68. The van der Waals surface area contributed by atoms with Gasteiger partial charge in [-0.1, -0.05) is 42.0 Å². The van der Waals surface area contributed by atoms with Gasteiger partial charge in [-0.15, -0.1) is 0 Å². The number of nitrogens with two attached hydrogens (primary N) is 1. The smallest absolute Gasteiger partial charge is 0.434 e. The third kappa shape index (κ3) is 3.93. The first-order chi connectivity index (χ1) is 12.8. The van der Waals surface area contributed by atoms with Crippen molar-refractivity contribution in [2.45, 2.75) is 37.7 Å². The van der Waals surface area contributed by atoms with Crippen molar-refractivity contribution in [1.82, 2.24) is 0 Å². The Balaban J connectivity index is 2.54. The van der Waals surface area contributed by atoms with Gasteiger partial charge in [0.05, 0.1) is 5.92 Å². The second kappa shape index (κ2) is 7.37. The van der Waals surface area contributed by atoms with Crippen molar-refractivity contribution in [1.29, 1.82) is 0 Å². The molecule has 0 fully saturated rings. The lowest BCUT2D eigenvalue weighted by Gasteiger charge is -2.37. The molecule has 28 heavy (non-hydrogen) atoms. The third-order valence-electron chi connectivity index (χ3n) is 4.30. The number of rotatable bonds is 4. The summed E-state index contributed by atoms with van der Waals surface area (Å²) < 4.78 is 86.5. The monoisotopic (exact) mass is 405 g/mol. The van der Waals surface area contributed by atoms with Gasteiger partial charge in [0.1, 0.15) is 0 Å². The Labute approximate surface area is 157 Å². The first-order valence-electron chi connectivity index (χ1n) is 8.08. The number of hydrogen-bond acceptors (Lipinski definition) is 3. The zero-order valence-corrected chi connectivity index (χ0v) is 14.9. The van der Waals surface area contributed by atoms with E-state index >= 15 is 0 Å². The molecular formula is C19H17F6NO2. The van der Waals surface area contributed by atoms with Crippen molar-refractivity contribution in [2.75, 3.05) is 5.73 Å². The zero-order chi connectivity index (χ0) is 21.3. The molecule has 2 aromatic carbocycles. The van der Waals surface area contributed by atoms with Crippen molar-refractivity contribution < 1.29 is 35.9 Å². The number of halogens is 6. The van der Waals surface area contributed by atoms with Gasteiger partial charge in [-0.25, -0.2) is 0 Å². The van der Waals surface area contributed by atoms with Crippen molar-refractivity contribution in [3.63, 3.8) is 0 Å². The first kappa shape index (κ1) is 21.6. The number of hydrogen-bond donors (Lipinski definition) is 1. The number of carbonyl (C=O) groups is 1. The van der Waals surface area contributed by atoms with E-state index in [0.29, 0.717) is 12.1 Å². The van der Waals surface area contributed by atoms with Crippen LogP contribution in [0.1, 0.15) is 29.5 Å². The summed E-state index contributed by atoms with van der Waals surface area (Å²) in [6, 6.07) is 8.87. The molecule has 0 heterocycles. The van der Waals surface area contributed by atoms with Crippen LogP contribution in [0.2, 0.25) is 0 Å². The maximum Gasteiger partial charge on any atom is 0.442 e. The normalized spacial score (nSPS) is 13.9. The summed E-state index contributed by atoms with van der Waals surface area (Å²) in [5.74, 6) is -3.01. The van der Waals surface area contributed by atoms with Gasteiger partial charge >= 0.3 is 23.9 Å². The molecule has 0 saturated heterocycles. The van der Waals surface area contributed by atoms with E-state index in [4.69, 9.17) is 5.73 Å². The number of aryl methyl sites for hydroxylation is 1. The van der Waals surface area contributed by atoms with E-state index in [2.05, 4.69) is 4.74 Å². The third-order valence-corrected chi connectivity index (χ3v) is 4.30. The number of esters is 1. The van der Waals surface area contributed by atoms with Crippen LogP contribution in [0.15, 0.2) is 48.5 Å². The van der Waals surface area contributed by atoms with E-state index < -0.39 is 35.4 Å². The maximum atomic E-state index is 13.7. The van der Waals surface area contributed by atoms with E-state index in [0.717, 1.165) is 17.7 Å². The summed E-state index contributed by atoms with van der Waals surface area (Å²) in [4.78, 5) is 12.3. The summed E-state index contributed by atoms with van der Waals surface area (Å²) in [6.07, 6.45) is -11.9. The number of alkyl halides is 6. The van der Waals surface area contributed by atoms with Crippen molar-refractivity contribution in [2.24, 2.45) is 0 Å². The van der Waals surface area contributed by atoms with Crippen LogP contribution in [-0.2, 0) is 15.1 Å². The Morgan fingerprint density at radius 1 is 0.893 bits per heavy atom. The van der Waals surface area contributed by atoms with Gasteiger partial charge in [0.25, 0.3) is 0 Å². The summed E-state index contributed by atoms with van der Waals surface area (Å²) in [7, 11) is 0. The number of benzene rings is 2. The van der Waals surface area contributed by atoms with E-state index in [1.165, 1.54) is 19.1 Å². The molecule has 2 aromatic rings. The molecule has 1 atom stereocenters. The molecule has 0 saturated carbocycles. The molecule has 0 aliphatic carbocycles. The molecule has 0 aliphatic rings. The fourth-order valence-corrected chi connectivity index (χ4v) is 2.61. The number of nitrogen functional groups attached to an aromatic ring is 1. The molecule has 152 valence electrons. The standard InChI is InChI=1S/C19H17F6NO2/c1-11-3-5-13(6-4-11)12(2)16(27)28-17(18(20,21)22,19(23,24)25)14-7-9-15(26)10-8-14/h3-10,12H,26H2,1-2H3. The predicted molar refractivity (Wildman–Crippen MR) is 90.3 cm³/mol. The molecule has 9 heteroatoms. The van der Waals surface area contributed by atoms with Crippen molar-refractivity contribution in [3.8, 4) is 0 Å². The minimum absolute atomic E-state index is 0.0404. The largest absolute Gasteiger partial charge is 0.442 e. The van der Waals surface area contributed by atoms with Crippen molar-refractivity contribution in [3.05, 3.63) is 65.2 Å². The van der Waals surface area contributed by atoms with E-state index in [-0.39, 0.29) is 11.3 Å². The van der Waals surface area contributed by atoms with Gasteiger partial charge in [-0.05, 0) is 31.5 Å². The maximum absolute atomic E-state index is 13.7. The fraction of sp³-hybridized carbons (Fsp3) is 0.316. The molecule has 0 bridgehead atoms. The van der Waals surface area contributed by atoms with Gasteiger partial charge in [-0.3, -0.25) is 4.79 Å². The lowest BCUT2D eigenvalue weighted by atomic mass is 9.91. The van der Waals surface area contributed by atoms with Gasteiger partial charge in [0.2, 0.25) is 0 Å². The highest BCUT2D eigenvalue weighted by molar-refractivity contribution is 5.78. The Bertz CT molecular complexity index is 811. The van der Waals surface area contributed by atoms with Crippen LogP contribution in [0.3, 0.4) is 0 Å². The summed E-state index contributed by atoms with van der Waals surface area (Å²) in [6.45, 7) is 2.92. The van der Waals surface area contributed by atoms with Gasteiger partial charge < -0.3 is 10.5 Å². The SMILES string of the molecule is Cc1ccc(C(C)C(=O)OC(c2ccc(N)cc2)(C(F)(F)F)C(F)(F)F)cc1. The second-order valence-corrected chi connectivity index (χ2v) is 6.35. The Hall–Kier alpha value is -2.71. The predicted octanol–water partition coefficient (Wildman–Crippen LogP) is 5.24. The quantitative estimate of drug-likeness (QED) is 0.430. The number of anilines is 1. The molecule has 0 radical (unpaired) electrons. The highest BCUT2D eigenvalue weighted by Crippen LogP contribution is 2.53. The zero-order valence-electron chi connectivity index (χ0n) is 14.9. The van der Waals surface area contributed by atoms with Crippen LogP contribution >= 0.6 is 0 Å². The lowest BCUT2D eigenvalue weighted by molar-refractivity contribution is -0.378. The molecule has 0 spiro atoms. The minimum atomic E-state index is -5.95. The van der Waals surface area contributed by atoms with Crippen LogP contribution in [0.4, 0.5) is 32.0 Å². The van der Waals surface area contributed by atoms with Gasteiger partial charge in [0, 0.05) is 11.3 Å². The van der Waals surface area contributed by atoms with Crippen LogP contribution in [0.5, 0.6) is 0 Å². The van der Waals surface area contributed by atoms with Crippen LogP contribution in [0, 0.1) is 6.92 Å². The van der Waals surface area contributed by atoms with Crippen LogP contribution in [0.25, 0.3) is 0 Å². The average Bonchev–Trinajstić information content (AvgIpc) is 2.58. The van der Waals surface area contributed by atoms with Crippen LogP contribution in [-0.4, -0.2) is 18.3 Å². The fourth-order valence-electron chi connectivity index (χ4n) is 2.61. The highest BCUT2D eigenvalue weighted by atomic mass is 19.4. The van der Waals surface area contributed by atoms with Gasteiger partial charge in [0.15, 0.2) is 0 Å². The Morgan fingerprint density at radius 2 is 1.36 bits per heavy atom. The van der Waals surface area contributed by atoms with Crippen molar-refractivity contribution >= 4 is 11.7 Å². The van der Waals surface area contributed by atoms with Crippen LogP contribution < -0.4 is 5.73 Å². The van der Waals surface area contributed by atoms with E-state index in [1.54, 1.807) is 19.1 Å². The summed E-state index contributed by atoms with van der Waals surface area (Å²) in [5, 5.41) is 0. The molecule has 2 rings (SSSR count). The Morgan fingerprint density at radius 3 is 1.79 bits per heavy atom. The van der Waals surface area contributed by atoms with E-state index in [1.807, 2.05) is 0 Å². The molecule has 0 aromatic heterocycles. The topological polar surface area (TPSA) is 52.3 Å². The highest BCUT2D eigenvalue weighted by Gasteiger charge is 2.75. The van der Waals surface area contributed by atoms with Gasteiger partial charge in [-0.2, -0.15) is 26.3 Å². The molecule has 0 aliphatic heterocycles. The first-order valence-corrected chi connectivity index (χ1v) is 8.08.